The van der Waals surface area contributed by atoms with Crippen molar-refractivity contribution in [3.63, 3.8) is 0 Å². The lowest BCUT2D eigenvalue weighted by atomic mass is 9.91. The number of anilines is 3. The van der Waals surface area contributed by atoms with Gasteiger partial charge in [-0.15, -0.1) is 0 Å². The van der Waals surface area contributed by atoms with Gasteiger partial charge in [-0.3, -0.25) is 4.79 Å². The monoisotopic (exact) mass is 415 g/mol. The smallest absolute Gasteiger partial charge is 0.256 e. The van der Waals surface area contributed by atoms with Crippen LogP contribution in [0.5, 0.6) is 0 Å². The number of hydrogen-bond donors (Lipinski definition) is 2. The van der Waals surface area contributed by atoms with Crippen LogP contribution in [0.4, 0.5) is 17.1 Å². The van der Waals surface area contributed by atoms with E-state index in [-0.39, 0.29) is 5.91 Å². The number of nitrogens with zero attached hydrogens (tertiary/aromatic N) is 1. The lowest BCUT2D eigenvalue weighted by Crippen LogP contribution is -2.39. The summed E-state index contributed by atoms with van der Waals surface area (Å²) in [6, 6.07) is 11.4. The number of halogens is 1. The Hall–Kier alpha value is -2.01. The average Bonchev–Trinajstić information content (AvgIpc) is 2.56. The highest BCUT2D eigenvalue weighted by Crippen LogP contribution is 2.34. The first-order valence-corrected chi connectivity index (χ1v) is 9.85. The normalized spacial score (nSPS) is 20.1. The molecule has 0 unspecified atom stereocenters. The molecule has 3 N–H and O–H groups in total. The van der Waals surface area contributed by atoms with Gasteiger partial charge in [0.2, 0.25) is 0 Å². The summed E-state index contributed by atoms with van der Waals surface area (Å²) in [6.07, 6.45) is 1.26. The van der Waals surface area contributed by atoms with Gasteiger partial charge in [-0.25, -0.2) is 0 Å². The van der Waals surface area contributed by atoms with Gasteiger partial charge in [-0.2, -0.15) is 0 Å². The number of amides is 1. The molecule has 2 atom stereocenters. The van der Waals surface area contributed by atoms with E-state index in [4.69, 9.17) is 5.73 Å². The molecule has 1 saturated heterocycles. The number of piperidine rings is 1. The quantitative estimate of drug-likeness (QED) is 0.687. The van der Waals surface area contributed by atoms with Crippen LogP contribution in [0.3, 0.4) is 0 Å². The van der Waals surface area contributed by atoms with E-state index in [2.05, 4.69) is 46.9 Å². The van der Waals surface area contributed by atoms with Crippen molar-refractivity contribution in [2.75, 3.05) is 29.0 Å². The lowest BCUT2D eigenvalue weighted by molar-refractivity contribution is 0.102. The fourth-order valence-corrected chi connectivity index (χ4v) is 4.33. The molecule has 138 valence electrons. The number of rotatable bonds is 3. The van der Waals surface area contributed by atoms with E-state index in [0.717, 1.165) is 28.8 Å². The van der Waals surface area contributed by atoms with Crippen molar-refractivity contribution >= 4 is 38.9 Å². The van der Waals surface area contributed by atoms with Gasteiger partial charge in [0.15, 0.2) is 0 Å². The molecular formula is C21H26BrN3O. The maximum Gasteiger partial charge on any atom is 0.256 e. The number of carbonyl (C=O) groups is 1. The predicted octanol–water partition coefficient (Wildman–Crippen LogP) is 5.07. The van der Waals surface area contributed by atoms with Crippen molar-refractivity contribution in [2.24, 2.45) is 11.8 Å². The summed E-state index contributed by atoms with van der Waals surface area (Å²) in [5.74, 6) is 1.15. The van der Waals surface area contributed by atoms with Crippen molar-refractivity contribution < 1.29 is 4.79 Å². The van der Waals surface area contributed by atoms with Gasteiger partial charge in [0.25, 0.3) is 5.91 Å². The molecule has 1 aliphatic heterocycles. The van der Waals surface area contributed by atoms with Crippen molar-refractivity contribution in [3.05, 3.63) is 52.0 Å². The molecule has 0 radical (unpaired) electrons. The van der Waals surface area contributed by atoms with Gasteiger partial charge >= 0.3 is 0 Å². The molecule has 1 amide bonds. The van der Waals surface area contributed by atoms with Crippen molar-refractivity contribution in [1.29, 1.82) is 0 Å². The second kappa shape index (κ2) is 7.70. The standard InChI is InChI=1S/C21H26BrN3O/c1-13-8-14(2)12-25(11-13)20-10-19(18(23)9-15(20)3)24-21(26)16-6-4-5-7-17(16)22/h4-7,9-10,13-14H,8,11-12,23H2,1-3H3,(H,24,26)/t13-,14+. The minimum Gasteiger partial charge on any atom is -0.397 e. The number of nitrogens with one attached hydrogen (secondary N) is 1. The van der Waals surface area contributed by atoms with Gasteiger partial charge in [-0.05, 0) is 70.9 Å². The van der Waals surface area contributed by atoms with Crippen LogP contribution < -0.4 is 16.0 Å². The van der Waals surface area contributed by atoms with Crippen molar-refractivity contribution in [2.45, 2.75) is 27.2 Å². The molecule has 0 saturated carbocycles. The SMILES string of the molecule is Cc1cc(N)c(NC(=O)c2ccccc2Br)cc1N1C[C@H](C)C[C@H](C)C1. The highest BCUT2D eigenvalue weighted by molar-refractivity contribution is 9.10. The van der Waals surface area contributed by atoms with Gasteiger partial charge in [-0.1, -0.05) is 26.0 Å². The van der Waals surface area contributed by atoms with E-state index in [0.29, 0.717) is 28.8 Å². The molecule has 0 aliphatic carbocycles. The second-order valence-electron chi connectivity index (χ2n) is 7.51. The Morgan fingerprint density at radius 3 is 2.50 bits per heavy atom. The van der Waals surface area contributed by atoms with Gasteiger partial charge in [0, 0.05) is 23.2 Å². The molecule has 3 rings (SSSR count). The molecule has 2 aromatic rings. The first kappa shape index (κ1) is 18.8. The van der Waals surface area contributed by atoms with E-state index in [9.17, 15) is 4.79 Å². The van der Waals surface area contributed by atoms with Crippen LogP contribution in [0, 0.1) is 18.8 Å². The Balaban J connectivity index is 1.89. The van der Waals surface area contributed by atoms with Crippen LogP contribution in [-0.2, 0) is 0 Å². The molecule has 4 nitrogen and oxygen atoms in total. The topological polar surface area (TPSA) is 58.4 Å². The number of benzene rings is 2. The summed E-state index contributed by atoms with van der Waals surface area (Å²) in [6.45, 7) is 8.74. The number of carbonyl (C=O) groups excluding carboxylic acids is 1. The summed E-state index contributed by atoms with van der Waals surface area (Å²) >= 11 is 3.43. The average molecular weight is 416 g/mol. The van der Waals surface area contributed by atoms with Gasteiger partial charge in [0.05, 0.1) is 16.9 Å². The molecule has 1 aliphatic rings. The van der Waals surface area contributed by atoms with Crippen LogP contribution in [0.2, 0.25) is 0 Å². The van der Waals surface area contributed by atoms with E-state index < -0.39 is 0 Å². The zero-order valence-electron chi connectivity index (χ0n) is 15.6. The number of nitrogen functional groups attached to an aromatic ring is 1. The maximum absolute atomic E-state index is 12.7. The number of nitrogens with two attached hydrogens (primary N) is 1. The molecule has 2 aromatic carbocycles. The largest absolute Gasteiger partial charge is 0.397 e. The Morgan fingerprint density at radius 1 is 1.19 bits per heavy atom. The highest BCUT2D eigenvalue weighted by atomic mass is 79.9. The number of hydrogen-bond acceptors (Lipinski definition) is 3. The molecule has 0 spiro atoms. The minimum absolute atomic E-state index is 0.167. The third kappa shape index (κ3) is 4.04. The molecule has 1 fully saturated rings. The minimum atomic E-state index is -0.167. The van der Waals surface area contributed by atoms with E-state index in [1.807, 2.05) is 30.3 Å². The molecular weight excluding hydrogens is 390 g/mol. The molecule has 1 heterocycles. The zero-order chi connectivity index (χ0) is 18.8. The molecule has 26 heavy (non-hydrogen) atoms. The first-order valence-electron chi connectivity index (χ1n) is 9.06. The third-order valence-electron chi connectivity index (χ3n) is 4.94. The van der Waals surface area contributed by atoms with Crippen molar-refractivity contribution in [3.8, 4) is 0 Å². The van der Waals surface area contributed by atoms with Gasteiger partial charge < -0.3 is 16.0 Å². The van der Waals surface area contributed by atoms with Crippen LogP contribution in [0.15, 0.2) is 40.9 Å². The summed E-state index contributed by atoms with van der Waals surface area (Å²) in [7, 11) is 0. The Labute approximate surface area is 163 Å². The second-order valence-corrected chi connectivity index (χ2v) is 8.37. The fraction of sp³-hybridized carbons (Fsp3) is 0.381. The summed E-state index contributed by atoms with van der Waals surface area (Å²) in [5.41, 5.74) is 10.3. The van der Waals surface area contributed by atoms with Crippen LogP contribution >= 0.6 is 15.9 Å². The lowest BCUT2D eigenvalue weighted by Gasteiger charge is -2.37. The van der Waals surface area contributed by atoms with E-state index in [1.54, 1.807) is 6.07 Å². The summed E-state index contributed by atoms with van der Waals surface area (Å²) < 4.78 is 0.766. The van der Waals surface area contributed by atoms with Crippen LogP contribution in [-0.4, -0.2) is 19.0 Å². The third-order valence-corrected chi connectivity index (χ3v) is 5.64. The van der Waals surface area contributed by atoms with E-state index in [1.165, 1.54) is 6.42 Å². The molecule has 0 aromatic heterocycles. The zero-order valence-corrected chi connectivity index (χ0v) is 17.1. The molecule has 5 heteroatoms. The first-order chi connectivity index (χ1) is 12.3. The fourth-order valence-electron chi connectivity index (χ4n) is 3.86. The predicted molar refractivity (Wildman–Crippen MR) is 113 cm³/mol. The summed E-state index contributed by atoms with van der Waals surface area (Å²) in [5, 5.41) is 2.98. The summed E-state index contributed by atoms with van der Waals surface area (Å²) in [4.78, 5) is 15.1. The number of aryl methyl sites for hydroxylation is 1. The Bertz CT molecular complexity index is 811. The Kier molecular flexibility index (Phi) is 5.56. The highest BCUT2D eigenvalue weighted by Gasteiger charge is 2.24. The van der Waals surface area contributed by atoms with Crippen molar-refractivity contribution in [1.82, 2.24) is 0 Å². The van der Waals surface area contributed by atoms with Crippen LogP contribution in [0.1, 0.15) is 36.2 Å². The van der Waals surface area contributed by atoms with Gasteiger partial charge in [0.1, 0.15) is 0 Å². The van der Waals surface area contributed by atoms with E-state index >= 15 is 0 Å². The van der Waals surface area contributed by atoms with Crippen LogP contribution in [0.25, 0.3) is 0 Å². The maximum atomic E-state index is 12.7. The molecule has 0 bridgehead atoms. The Morgan fingerprint density at radius 2 is 1.85 bits per heavy atom.